The van der Waals surface area contributed by atoms with Crippen LogP contribution in [-0.2, 0) is 18.4 Å². The number of hydrogen-bond acceptors (Lipinski definition) is 3. The molecule has 1 rings (SSSR count). The largest absolute Gasteiger partial charge is 0.321 e. The Morgan fingerprint density at radius 2 is 1.80 bits per heavy atom. The van der Waals surface area contributed by atoms with Crippen LogP contribution in [-0.4, -0.2) is 4.98 Å². The van der Waals surface area contributed by atoms with Gasteiger partial charge in [0.05, 0.1) is 10.7 Å². The first-order chi connectivity index (χ1) is 6.99. The van der Waals surface area contributed by atoms with E-state index < -0.39 is 0 Å². The van der Waals surface area contributed by atoms with E-state index in [0.29, 0.717) is 0 Å². The first kappa shape index (κ1) is 12.7. The van der Waals surface area contributed by atoms with Crippen molar-refractivity contribution in [3.8, 4) is 0 Å². The number of aryl methyl sites for hydroxylation is 2. The number of nitrogens with zero attached hydrogens (tertiary/aromatic N) is 1. The molecule has 0 aliphatic heterocycles. The minimum atomic E-state index is -0.242. The SMILES string of the molecule is CCCc1nc(CCC)c(C(C)(C)N)s1. The van der Waals surface area contributed by atoms with Gasteiger partial charge >= 0.3 is 0 Å². The summed E-state index contributed by atoms with van der Waals surface area (Å²) in [4.78, 5) is 5.97. The molecule has 3 heteroatoms. The van der Waals surface area contributed by atoms with E-state index >= 15 is 0 Å². The van der Waals surface area contributed by atoms with Crippen LogP contribution < -0.4 is 5.73 Å². The van der Waals surface area contributed by atoms with E-state index in [4.69, 9.17) is 10.7 Å². The molecule has 0 aliphatic rings. The molecule has 1 aromatic heterocycles. The molecule has 0 radical (unpaired) electrons. The summed E-state index contributed by atoms with van der Waals surface area (Å²) in [5.74, 6) is 0. The molecule has 86 valence electrons. The van der Waals surface area contributed by atoms with Crippen LogP contribution >= 0.6 is 11.3 Å². The summed E-state index contributed by atoms with van der Waals surface area (Å²) in [5, 5.41) is 1.24. The summed E-state index contributed by atoms with van der Waals surface area (Å²) in [6.45, 7) is 8.51. The smallest absolute Gasteiger partial charge is 0.0931 e. The summed E-state index contributed by atoms with van der Waals surface area (Å²) in [5.41, 5.74) is 7.15. The molecule has 0 unspecified atom stereocenters. The summed E-state index contributed by atoms with van der Waals surface area (Å²) in [6.07, 6.45) is 4.43. The lowest BCUT2D eigenvalue weighted by atomic mass is 10.0. The number of hydrogen-bond donors (Lipinski definition) is 1. The van der Waals surface area contributed by atoms with Gasteiger partial charge in [0, 0.05) is 10.4 Å². The number of rotatable bonds is 5. The van der Waals surface area contributed by atoms with Gasteiger partial charge in [0.1, 0.15) is 0 Å². The van der Waals surface area contributed by atoms with Gasteiger partial charge in [-0.15, -0.1) is 11.3 Å². The van der Waals surface area contributed by atoms with Gasteiger partial charge in [-0.25, -0.2) is 4.98 Å². The molecule has 0 aromatic carbocycles. The quantitative estimate of drug-likeness (QED) is 0.837. The highest BCUT2D eigenvalue weighted by Gasteiger charge is 2.22. The minimum absolute atomic E-state index is 0.242. The van der Waals surface area contributed by atoms with Crippen molar-refractivity contribution < 1.29 is 0 Å². The highest BCUT2D eigenvalue weighted by molar-refractivity contribution is 7.11. The number of nitrogens with two attached hydrogens (primary N) is 1. The van der Waals surface area contributed by atoms with E-state index in [-0.39, 0.29) is 5.54 Å². The predicted octanol–water partition coefficient (Wildman–Crippen LogP) is 3.24. The maximum atomic E-state index is 6.17. The van der Waals surface area contributed by atoms with E-state index in [0.717, 1.165) is 25.7 Å². The van der Waals surface area contributed by atoms with Gasteiger partial charge in [-0.3, -0.25) is 0 Å². The van der Waals surface area contributed by atoms with Crippen LogP contribution in [0.15, 0.2) is 0 Å². The average Bonchev–Trinajstić information content (AvgIpc) is 2.49. The molecule has 0 fully saturated rings. The highest BCUT2D eigenvalue weighted by atomic mass is 32.1. The third-order valence-corrected chi connectivity index (χ3v) is 3.77. The topological polar surface area (TPSA) is 38.9 Å². The fourth-order valence-electron chi connectivity index (χ4n) is 1.63. The molecule has 0 amide bonds. The first-order valence-electron chi connectivity index (χ1n) is 5.77. The Bertz CT molecular complexity index is 310. The van der Waals surface area contributed by atoms with E-state index in [1.807, 2.05) is 0 Å². The molecule has 15 heavy (non-hydrogen) atoms. The molecule has 1 heterocycles. The summed E-state index contributed by atoms with van der Waals surface area (Å²) in [6, 6.07) is 0. The van der Waals surface area contributed by atoms with Gasteiger partial charge < -0.3 is 5.73 Å². The molecule has 1 aromatic rings. The maximum absolute atomic E-state index is 6.17. The zero-order valence-electron chi connectivity index (χ0n) is 10.3. The second-order valence-electron chi connectivity index (χ2n) is 4.61. The Hall–Kier alpha value is -0.410. The fraction of sp³-hybridized carbons (Fsp3) is 0.750. The van der Waals surface area contributed by atoms with Crippen LogP contribution in [0.4, 0.5) is 0 Å². The van der Waals surface area contributed by atoms with Crippen molar-refractivity contribution in [2.75, 3.05) is 0 Å². The van der Waals surface area contributed by atoms with E-state index in [1.54, 1.807) is 11.3 Å². The lowest BCUT2D eigenvalue weighted by molar-refractivity contribution is 0.557. The fourth-order valence-corrected chi connectivity index (χ4v) is 2.86. The van der Waals surface area contributed by atoms with Crippen molar-refractivity contribution in [1.82, 2.24) is 4.98 Å². The van der Waals surface area contributed by atoms with E-state index in [1.165, 1.54) is 15.6 Å². The zero-order valence-corrected chi connectivity index (χ0v) is 11.1. The third kappa shape index (κ3) is 3.28. The Morgan fingerprint density at radius 3 is 2.27 bits per heavy atom. The number of aromatic nitrogens is 1. The second-order valence-corrected chi connectivity index (χ2v) is 5.69. The monoisotopic (exact) mass is 226 g/mol. The van der Waals surface area contributed by atoms with Crippen molar-refractivity contribution in [1.29, 1.82) is 0 Å². The van der Waals surface area contributed by atoms with E-state index in [2.05, 4.69) is 27.7 Å². The van der Waals surface area contributed by atoms with Crippen molar-refractivity contribution in [3.63, 3.8) is 0 Å². The van der Waals surface area contributed by atoms with Crippen molar-refractivity contribution in [3.05, 3.63) is 15.6 Å². The molecule has 0 atom stereocenters. The van der Waals surface area contributed by atoms with Gasteiger partial charge in [0.25, 0.3) is 0 Å². The Morgan fingerprint density at radius 1 is 1.20 bits per heavy atom. The molecule has 0 aliphatic carbocycles. The van der Waals surface area contributed by atoms with Crippen molar-refractivity contribution >= 4 is 11.3 Å². The standard InChI is InChI=1S/C12H22N2S/c1-5-7-9-11(12(3,4)13)15-10(14-9)8-6-2/h5-8,13H2,1-4H3. The van der Waals surface area contributed by atoms with Crippen LogP contribution in [0.5, 0.6) is 0 Å². The summed E-state index contributed by atoms with van der Waals surface area (Å²) < 4.78 is 0. The average molecular weight is 226 g/mol. The van der Waals surface area contributed by atoms with Crippen molar-refractivity contribution in [2.45, 2.75) is 58.9 Å². The van der Waals surface area contributed by atoms with Crippen LogP contribution in [0.2, 0.25) is 0 Å². The van der Waals surface area contributed by atoms with Gasteiger partial charge in [-0.2, -0.15) is 0 Å². The molecule has 0 bridgehead atoms. The summed E-state index contributed by atoms with van der Waals surface area (Å²) >= 11 is 1.79. The summed E-state index contributed by atoms with van der Waals surface area (Å²) in [7, 11) is 0. The molecule has 0 spiro atoms. The Labute approximate surface area is 96.9 Å². The Balaban J connectivity index is 3.00. The normalized spacial score (nSPS) is 12.1. The minimum Gasteiger partial charge on any atom is -0.321 e. The predicted molar refractivity (Wildman–Crippen MR) is 67.3 cm³/mol. The Kier molecular flexibility index (Phi) is 4.29. The van der Waals surface area contributed by atoms with Crippen LogP contribution in [0.25, 0.3) is 0 Å². The van der Waals surface area contributed by atoms with Gasteiger partial charge in [-0.05, 0) is 33.1 Å². The third-order valence-electron chi connectivity index (χ3n) is 2.28. The second kappa shape index (κ2) is 5.08. The zero-order chi connectivity index (χ0) is 11.5. The molecule has 0 saturated heterocycles. The highest BCUT2D eigenvalue weighted by Crippen LogP contribution is 2.29. The van der Waals surface area contributed by atoms with Gasteiger partial charge in [-0.1, -0.05) is 20.3 Å². The number of thiazole rings is 1. The van der Waals surface area contributed by atoms with Crippen LogP contribution in [0.3, 0.4) is 0 Å². The molecular weight excluding hydrogens is 204 g/mol. The maximum Gasteiger partial charge on any atom is 0.0931 e. The lowest BCUT2D eigenvalue weighted by Crippen LogP contribution is -2.28. The molecule has 0 saturated carbocycles. The van der Waals surface area contributed by atoms with E-state index in [9.17, 15) is 0 Å². The molecular formula is C12H22N2S. The molecule has 2 N–H and O–H groups in total. The van der Waals surface area contributed by atoms with Crippen LogP contribution in [0.1, 0.15) is 56.1 Å². The van der Waals surface area contributed by atoms with Gasteiger partial charge in [0.15, 0.2) is 0 Å². The van der Waals surface area contributed by atoms with Crippen molar-refractivity contribution in [2.24, 2.45) is 5.73 Å². The lowest BCUT2D eigenvalue weighted by Gasteiger charge is -2.17. The molecule has 2 nitrogen and oxygen atoms in total. The van der Waals surface area contributed by atoms with Gasteiger partial charge in [0.2, 0.25) is 0 Å². The first-order valence-corrected chi connectivity index (χ1v) is 6.58. The van der Waals surface area contributed by atoms with Crippen LogP contribution in [0, 0.1) is 0 Å².